The monoisotopic (exact) mass is 394 g/mol. The summed E-state index contributed by atoms with van der Waals surface area (Å²) in [6, 6.07) is 11.1. The fourth-order valence-electron chi connectivity index (χ4n) is 2.69. The van der Waals surface area contributed by atoms with Gasteiger partial charge in [0.05, 0.1) is 18.6 Å². The van der Waals surface area contributed by atoms with Crippen molar-refractivity contribution in [1.29, 1.82) is 0 Å². The molecule has 6 nitrogen and oxygen atoms in total. The fourth-order valence-corrected chi connectivity index (χ4v) is 3.91. The fraction of sp³-hybridized carbons (Fsp3) is 0.316. The van der Waals surface area contributed by atoms with E-state index < -0.39 is 27.8 Å². The van der Waals surface area contributed by atoms with E-state index in [0.717, 1.165) is 16.6 Å². The highest BCUT2D eigenvalue weighted by Gasteiger charge is 2.33. The first-order valence-electron chi connectivity index (χ1n) is 8.55. The summed E-state index contributed by atoms with van der Waals surface area (Å²) in [5.41, 5.74) is 0.331. The number of halogens is 1. The molecule has 0 heterocycles. The quantitative estimate of drug-likeness (QED) is 0.745. The van der Waals surface area contributed by atoms with Crippen molar-refractivity contribution in [2.45, 2.75) is 26.3 Å². The molecule has 0 saturated heterocycles. The molecule has 27 heavy (non-hydrogen) atoms. The zero-order valence-corrected chi connectivity index (χ0v) is 16.3. The molecular weight excluding hydrogens is 371 g/mol. The van der Waals surface area contributed by atoms with Gasteiger partial charge in [-0.05, 0) is 49.7 Å². The number of para-hydroxylation sites is 1. The summed E-state index contributed by atoms with van der Waals surface area (Å²) in [4.78, 5) is 12.8. The molecule has 1 atom stereocenters. The smallest absolute Gasteiger partial charge is 0.248 e. The summed E-state index contributed by atoms with van der Waals surface area (Å²) in [5, 5.41) is 2.68. The molecule has 2 aromatic carbocycles. The molecule has 2 rings (SSSR count). The Morgan fingerprint density at radius 2 is 1.78 bits per heavy atom. The van der Waals surface area contributed by atoms with Crippen molar-refractivity contribution in [2.75, 3.05) is 22.5 Å². The van der Waals surface area contributed by atoms with Crippen LogP contribution in [0.1, 0.15) is 20.3 Å². The molecule has 2 aromatic rings. The third-order valence-corrected chi connectivity index (χ3v) is 5.02. The van der Waals surface area contributed by atoms with Gasteiger partial charge in [-0.1, -0.05) is 19.1 Å². The van der Waals surface area contributed by atoms with Crippen LogP contribution < -0.4 is 14.4 Å². The zero-order chi connectivity index (χ0) is 20.0. The molecule has 0 aliphatic heterocycles. The van der Waals surface area contributed by atoms with Gasteiger partial charge >= 0.3 is 0 Å². The van der Waals surface area contributed by atoms with E-state index in [2.05, 4.69) is 5.32 Å². The van der Waals surface area contributed by atoms with Crippen molar-refractivity contribution in [1.82, 2.24) is 0 Å². The SMILES string of the molecule is CCOc1ccc(NC(=O)C(CC)N(c2ccccc2F)S(C)(=O)=O)cc1. The van der Waals surface area contributed by atoms with Gasteiger partial charge in [-0.2, -0.15) is 0 Å². The summed E-state index contributed by atoms with van der Waals surface area (Å²) in [5.74, 6) is -0.600. The number of nitrogens with one attached hydrogen (secondary N) is 1. The molecule has 0 aromatic heterocycles. The number of nitrogens with zero attached hydrogens (tertiary/aromatic N) is 1. The molecule has 1 unspecified atom stereocenters. The van der Waals surface area contributed by atoms with Crippen LogP contribution in [0, 0.1) is 5.82 Å². The number of rotatable bonds is 8. The summed E-state index contributed by atoms with van der Waals surface area (Å²) >= 11 is 0. The molecule has 0 radical (unpaired) electrons. The normalized spacial score (nSPS) is 12.3. The van der Waals surface area contributed by atoms with Crippen LogP contribution in [0.2, 0.25) is 0 Å². The van der Waals surface area contributed by atoms with E-state index in [1.807, 2.05) is 6.92 Å². The average molecular weight is 394 g/mol. The first-order chi connectivity index (χ1) is 12.8. The van der Waals surface area contributed by atoms with E-state index in [0.29, 0.717) is 18.0 Å². The van der Waals surface area contributed by atoms with Crippen LogP contribution in [-0.4, -0.2) is 33.2 Å². The van der Waals surface area contributed by atoms with Crippen molar-refractivity contribution in [3.63, 3.8) is 0 Å². The highest BCUT2D eigenvalue weighted by molar-refractivity contribution is 7.92. The summed E-state index contributed by atoms with van der Waals surface area (Å²) in [6.07, 6.45) is 1.12. The van der Waals surface area contributed by atoms with Crippen LogP contribution in [0.25, 0.3) is 0 Å². The Labute approximate surface area is 159 Å². The lowest BCUT2D eigenvalue weighted by atomic mass is 10.1. The molecule has 146 valence electrons. The first-order valence-corrected chi connectivity index (χ1v) is 10.4. The molecule has 1 N–H and O–H groups in total. The number of ether oxygens (including phenoxy) is 1. The number of carbonyl (C=O) groups excluding carboxylic acids is 1. The molecule has 0 fully saturated rings. The minimum Gasteiger partial charge on any atom is -0.494 e. The van der Waals surface area contributed by atoms with E-state index in [-0.39, 0.29) is 12.1 Å². The number of anilines is 2. The number of hydrogen-bond acceptors (Lipinski definition) is 4. The van der Waals surface area contributed by atoms with Gasteiger partial charge in [0, 0.05) is 5.69 Å². The summed E-state index contributed by atoms with van der Waals surface area (Å²) in [6.45, 7) is 4.06. The van der Waals surface area contributed by atoms with Crippen molar-refractivity contribution >= 4 is 27.3 Å². The molecule has 0 aliphatic carbocycles. The van der Waals surface area contributed by atoms with Gasteiger partial charge in [-0.15, -0.1) is 0 Å². The minimum atomic E-state index is -3.89. The second kappa shape index (κ2) is 8.85. The number of amides is 1. The van der Waals surface area contributed by atoms with Crippen molar-refractivity contribution < 1.29 is 22.3 Å². The van der Waals surface area contributed by atoms with Gasteiger partial charge in [0.1, 0.15) is 17.6 Å². The van der Waals surface area contributed by atoms with Gasteiger partial charge in [0.2, 0.25) is 15.9 Å². The molecule has 8 heteroatoms. The highest BCUT2D eigenvalue weighted by Crippen LogP contribution is 2.26. The number of carbonyl (C=O) groups is 1. The maximum absolute atomic E-state index is 14.2. The van der Waals surface area contributed by atoms with Crippen molar-refractivity contribution in [3.8, 4) is 5.75 Å². The van der Waals surface area contributed by atoms with E-state index >= 15 is 0 Å². The second-order valence-electron chi connectivity index (χ2n) is 5.88. The lowest BCUT2D eigenvalue weighted by molar-refractivity contribution is -0.117. The van der Waals surface area contributed by atoms with Crippen LogP contribution in [-0.2, 0) is 14.8 Å². The van der Waals surface area contributed by atoms with Gasteiger partial charge in [-0.25, -0.2) is 12.8 Å². The number of benzene rings is 2. The molecule has 0 bridgehead atoms. The number of sulfonamides is 1. The van der Waals surface area contributed by atoms with Gasteiger partial charge in [-0.3, -0.25) is 9.10 Å². The van der Waals surface area contributed by atoms with E-state index in [4.69, 9.17) is 4.74 Å². The maximum atomic E-state index is 14.2. The van der Waals surface area contributed by atoms with Crippen LogP contribution in [0.5, 0.6) is 5.75 Å². The van der Waals surface area contributed by atoms with Crippen molar-refractivity contribution in [3.05, 3.63) is 54.3 Å². The van der Waals surface area contributed by atoms with Crippen LogP contribution in [0.3, 0.4) is 0 Å². The van der Waals surface area contributed by atoms with E-state index in [1.165, 1.54) is 18.2 Å². The van der Waals surface area contributed by atoms with Gasteiger partial charge in [0.15, 0.2) is 0 Å². The molecule has 0 saturated carbocycles. The van der Waals surface area contributed by atoms with Crippen molar-refractivity contribution in [2.24, 2.45) is 0 Å². The predicted octanol–water partition coefficient (Wildman–Crippen LogP) is 3.41. The van der Waals surface area contributed by atoms with E-state index in [9.17, 15) is 17.6 Å². The average Bonchev–Trinajstić information content (AvgIpc) is 2.61. The Morgan fingerprint density at radius 1 is 1.15 bits per heavy atom. The summed E-state index contributed by atoms with van der Waals surface area (Å²) in [7, 11) is -3.89. The van der Waals surface area contributed by atoms with Crippen LogP contribution >= 0.6 is 0 Å². The largest absolute Gasteiger partial charge is 0.494 e. The maximum Gasteiger partial charge on any atom is 0.248 e. The summed E-state index contributed by atoms with van der Waals surface area (Å²) < 4.78 is 45.0. The Balaban J connectivity index is 2.31. The van der Waals surface area contributed by atoms with E-state index in [1.54, 1.807) is 31.2 Å². The topological polar surface area (TPSA) is 75.7 Å². The predicted molar refractivity (Wildman–Crippen MR) is 104 cm³/mol. The lowest BCUT2D eigenvalue weighted by Gasteiger charge is -2.30. The molecule has 0 aliphatic rings. The second-order valence-corrected chi connectivity index (χ2v) is 7.74. The molecule has 0 spiro atoms. The molecular formula is C19H23FN2O4S. The third kappa shape index (κ3) is 5.19. The Hall–Kier alpha value is -2.61. The zero-order valence-electron chi connectivity index (χ0n) is 15.5. The first kappa shape index (κ1) is 20.7. The standard InChI is InChI=1S/C19H23FN2O4S/c1-4-17(19(23)21-14-10-12-15(13-11-14)26-5-2)22(27(3,24)25)18-9-7-6-8-16(18)20/h6-13,17H,4-5H2,1-3H3,(H,21,23). The highest BCUT2D eigenvalue weighted by atomic mass is 32.2. The lowest BCUT2D eigenvalue weighted by Crippen LogP contribution is -2.47. The van der Waals surface area contributed by atoms with Gasteiger partial charge < -0.3 is 10.1 Å². The van der Waals surface area contributed by atoms with Crippen LogP contribution in [0.15, 0.2) is 48.5 Å². The third-order valence-electron chi connectivity index (χ3n) is 3.85. The Kier molecular flexibility index (Phi) is 6.79. The molecule has 1 amide bonds. The van der Waals surface area contributed by atoms with Gasteiger partial charge in [0.25, 0.3) is 0 Å². The minimum absolute atomic E-state index is 0.159. The number of hydrogen-bond donors (Lipinski definition) is 1. The Morgan fingerprint density at radius 3 is 2.30 bits per heavy atom. The van der Waals surface area contributed by atoms with Crippen LogP contribution in [0.4, 0.5) is 15.8 Å². The Bertz CT molecular complexity index is 885.